The van der Waals surface area contributed by atoms with Gasteiger partial charge in [-0.3, -0.25) is 15.1 Å². The Kier molecular flexibility index (Phi) is 4.46. The van der Waals surface area contributed by atoms with Gasteiger partial charge in [0, 0.05) is 23.8 Å². The number of halogens is 1. The van der Waals surface area contributed by atoms with E-state index in [1.807, 2.05) is 0 Å². The first-order chi connectivity index (χ1) is 9.20. The molecule has 0 radical (unpaired) electrons. The van der Waals surface area contributed by atoms with E-state index >= 15 is 0 Å². The van der Waals surface area contributed by atoms with E-state index in [0.29, 0.717) is 5.33 Å². The van der Waals surface area contributed by atoms with E-state index in [4.69, 9.17) is 4.74 Å². The molecule has 0 unspecified atom stereocenters. The Balaban J connectivity index is 2.18. The minimum Gasteiger partial charge on any atom is -0.482 e. The van der Waals surface area contributed by atoms with Gasteiger partial charge in [0.2, 0.25) is 0 Å². The Morgan fingerprint density at radius 1 is 1.21 bits per heavy atom. The number of nitro groups is 1. The van der Waals surface area contributed by atoms with Gasteiger partial charge in [0.25, 0.3) is 0 Å². The smallest absolute Gasteiger partial charge is 0.311 e. The zero-order chi connectivity index (χ0) is 13.7. The highest BCUT2D eigenvalue weighted by Gasteiger charge is 2.15. The molecule has 0 spiro atoms. The number of nitrogens with zero attached hydrogens (tertiary/aromatic N) is 2. The number of alkyl halides is 1. The molecule has 1 aromatic heterocycles. The van der Waals surface area contributed by atoms with Crippen molar-refractivity contribution in [2.75, 3.05) is 0 Å². The number of benzene rings is 1. The molecule has 2 aromatic rings. The molecule has 6 heteroatoms. The summed E-state index contributed by atoms with van der Waals surface area (Å²) in [5.74, 6) is 0.270. The van der Waals surface area contributed by atoms with E-state index in [1.165, 1.54) is 6.07 Å². The molecule has 0 aliphatic rings. The molecule has 0 aliphatic carbocycles. The van der Waals surface area contributed by atoms with Gasteiger partial charge < -0.3 is 4.74 Å². The topological polar surface area (TPSA) is 65.3 Å². The highest BCUT2D eigenvalue weighted by atomic mass is 79.9. The van der Waals surface area contributed by atoms with Crippen LogP contribution < -0.4 is 4.74 Å². The molecule has 0 saturated heterocycles. The molecule has 1 aromatic carbocycles. The normalized spacial score (nSPS) is 10.2. The van der Waals surface area contributed by atoms with E-state index in [2.05, 4.69) is 20.9 Å². The summed E-state index contributed by atoms with van der Waals surface area (Å²) in [6, 6.07) is 8.54. The number of hydrogen-bond donors (Lipinski definition) is 0. The van der Waals surface area contributed by atoms with E-state index in [1.54, 1.807) is 36.7 Å². The van der Waals surface area contributed by atoms with Crippen LogP contribution in [0.2, 0.25) is 0 Å². The Hall–Kier alpha value is -1.95. The predicted octanol–water partition coefficient (Wildman–Crippen LogP) is 3.46. The van der Waals surface area contributed by atoms with Gasteiger partial charge in [-0.1, -0.05) is 22.0 Å². The van der Waals surface area contributed by atoms with Crippen LogP contribution in [0.15, 0.2) is 42.7 Å². The van der Waals surface area contributed by atoms with Crippen LogP contribution in [0.4, 0.5) is 5.69 Å². The van der Waals surface area contributed by atoms with Crippen LogP contribution in [0.25, 0.3) is 0 Å². The van der Waals surface area contributed by atoms with E-state index in [-0.39, 0.29) is 18.0 Å². The Morgan fingerprint density at radius 3 is 2.58 bits per heavy atom. The average molecular weight is 323 g/mol. The van der Waals surface area contributed by atoms with Gasteiger partial charge in [0.15, 0.2) is 5.75 Å². The number of aromatic nitrogens is 1. The summed E-state index contributed by atoms with van der Waals surface area (Å²) in [5.41, 5.74) is 1.72. The fourth-order valence-corrected chi connectivity index (χ4v) is 1.90. The van der Waals surface area contributed by atoms with Crippen molar-refractivity contribution in [1.29, 1.82) is 0 Å². The number of rotatable bonds is 5. The van der Waals surface area contributed by atoms with Crippen LogP contribution in [0.1, 0.15) is 11.1 Å². The van der Waals surface area contributed by atoms with Crippen molar-refractivity contribution in [3.05, 3.63) is 64.0 Å². The highest BCUT2D eigenvalue weighted by molar-refractivity contribution is 9.08. The summed E-state index contributed by atoms with van der Waals surface area (Å²) >= 11 is 3.27. The highest BCUT2D eigenvalue weighted by Crippen LogP contribution is 2.29. The van der Waals surface area contributed by atoms with Crippen molar-refractivity contribution < 1.29 is 9.66 Å². The quantitative estimate of drug-likeness (QED) is 0.480. The summed E-state index contributed by atoms with van der Waals surface area (Å²) < 4.78 is 5.50. The molecular formula is C13H11BrN2O3. The molecule has 0 bridgehead atoms. The molecule has 19 heavy (non-hydrogen) atoms. The molecular weight excluding hydrogens is 312 g/mol. The van der Waals surface area contributed by atoms with E-state index in [9.17, 15) is 10.1 Å². The third kappa shape index (κ3) is 3.51. The summed E-state index contributed by atoms with van der Waals surface area (Å²) in [7, 11) is 0. The number of ether oxygens (including phenoxy) is 1. The SMILES string of the molecule is O=[N+]([O-])c1cc(CBr)ccc1OCc1ccncc1. The Morgan fingerprint density at radius 2 is 1.95 bits per heavy atom. The molecule has 98 valence electrons. The second kappa shape index (κ2) is 6.29. The van der Waals surface area contributed by atoms with Gasteiger partial charge in [-0.25, -0.2) is 0 Å². The maximum absolute atomic E-state index is 11.0. The van der Waals surface area contributed by atoms with E-state index in [0.717, 1.165) is 11.1 Å². The lowest BCUT2D eigenvalue weighted by Gasteiger charge is -2.07. The van der Waals surface area contributed by atoms with Gasteiger partial charge in [-0.05, 0) is 29.3 Å². The molecule has 0 fully saturated rings. The fraction of sp³-hybridized carbons (Fsp3) is 0.154. The van der Waals surface area contributed by atoms with Crippen LogP contribution >= 0.6 is 15.9 Å². The minimum atomic E-state index is -0.436. The lowest BCUT2D eigenvalue weighted by Crippen LogP contribution is -1.99. The largest absolute Gasteiger partial charge is 0.482 e. The van der Waals surface area contributed by atoms with Crippen molar-refractivity contribution in [2.45, 2.75) is 11.9 Å². The maximum Gasteiger partial charge on any atom is 0.311 e. The first-order valence-electron chi connectivity index (χ1n) is 5.55. The van der Waals surface area contributed by atoms with Crippen molar-refractivity contribution in [3.63, 3.8) is 0 Å². The van der Waals surface area contributed by atoms with Gasteiger partial charge >= 0.3 is 5.69 Å². The van der Waals surface area contributed by atoms with Crippen molar-refractivity contribution >= 4 is 21.6 Å². The van der Waals surface area contributed by atoms with Gasteiger partial charge in [0.05, 0.1) is 4.92 Å². The van der Waals surface area contributed by atoms with Gasteiger partial charge in [-0.2, -0.15) is 0 Å². The van der Waals surface area contributed by atoms with Crippen LogP contribution in [0, 0.1) is 10.1 Å². The van der Waals surface area contributed by atoms with Crippen molar-refractivity contribution in [2.24, 2.45) is 0 Å². The lowest BCUT2D eigenvalue weighted by atomic mass is 10.2. The molecule has 2 rings (SSSR count). The third-order valence-electron chi connectivity index (χ3n) is 2.52. The minimum absolute atomic E-state index is 0.0222. The second-order valence-electron chi connectivity index (χ2n) is 3.84. The lowest BCUT2D eigenvalue weighted by molar-refractivity contribution is -0.386. The second-order valence-corrected chi connectivity index (χ2v) is 4.40. The Labute approximate surface area is 118 Å². The van der Waals surface area contributed by atoms with Crippen molar-refractivity contribution in [1.82, 2.24) is 4.98 Å². The average Bonchev–Trinajstić information content (AvgIpc) is 2.46. The molecule has 0 amide bonds. The molecule has 0 N–H and O–H groups in total. The summed E-state index contributed by atoms with van der Waals surface area (Å²) in [5, 5.41) is 11.6. The number of pyridine rings is 1. The standard InChI is InChI=1S/C13H11BrN2O3/c14-8-11-1-2-13(12(7-11)16(17)18)19-9-10-3-5-15-6-4-10/h1-7H,8-9H2. The predicted molar refractivity (Wildman–Crippen MR) is 74.3 cm³/mol. The zero-order valence-electron chi connectivity index (χ0n) is 9.95. The molecule has 0 aliphatic heterocycles. The fourth-order valence-electron chi connectivity index (χ4n) is 1.55. The monoisotopic (exact) mass is 322 g/mol. The van der Waals surface area contributed by atoms with Gasteiger partial charge in [0.1, 0.15) is 6.61 Å². The number of nitro benzene ring substituents is 1. The molecule has 1 heterocycles. The maximum atomic E-state index is 11.0. The first-order valence-corrected chi connectivity index (χ1v) is 6.68. The zero-order valence-corrected chi connectivity index (χ0v) is 11.5. The molecule has 0 saturated carbocycles. The first kappa shape index (κ1) is 13.5. The Bertz CT molecular complexity index is 575. The molecule has 0 atom stereocenters. The number of hydrogen-bond acceptors (Lipinski definition) is 4. The van der Waals surface area contributed by atoms with Crippen molar-refractivity contribution in [3.8, 4) is 5.75 Å². The third-order valence-corrected chi connectivity index (χ3v) is 3.17. The summed E-state index contributed by atoms with van der Waals surface area (Å²) in [4.78, 5) is 14.5. The molecule has 5 nitrogen and oxygen atoms in total. The van der Waals surface area contributed by atoms with E-state index < -0.39 is 4.92 Å². The van der Waals surface area contributed by atoms with Crippen LogP contribution in [-0.2, 0) is 11.9 Å². The van der Waals surface area contributed by atoms with Crippen LogP contribution in [0.3, 0.4) is 0 Å². The summed E-state index contributed by atoms with van der Waals surface area (Å²) in [6.07, 6.45) is 3.31. The summed E-state index contributed by atoms with van der Waals surface area (Å²) in [6.45, 7) is 0.275. The van der Waals surface area contributed by atoms with Crippen LogP contribution in [-0.4, -0.2) is 9.91 Å². The van der Waals surface area contributed by atoms with Crippen LogP contribution in [0.5, 0.6) is 5.75 Å². The van der Waals surface area contributed by atoms with Gasteiger partial charge in [-0.15, -0.1) is 0 Å².